The summed E-state index contributed by atoms with van der Waals surface area (Å²) in [5.41, 5.74) is 2.42. The van der Waals surface area contributed by atoms with E-state index in [2.05, 4.69) is 10.6 Å². The smallest absolute Gasteiger partial charge is 0.231 e. The fraction of sp³-hybridized carbons (Fsp3) is 0.364. The molecular formula is C22H23ClN2O2. The second kappa shape index (κ2) is 7.01. The van der Waals surface area contributed by atoms with Gasteiger partial charge in [-0.2, -0.15) is 0 Å². The summed E-state index contributed by atoms with van der Waals surface area (Å²) in [6.45, 7) is 1.98. The van der Waals surface area contributed by atoms with Crippen molar-refractivity contribution in [3.8, 4) is 0 Å². The normalized spacial score (nSPS) is 18.4. The van der Waals surface area contributed by atoms with Crippen molar-refractivity contribution in [1.29, 1.82) is 0 Å². The Morgan fingerprint density at radius 2 is 1.67 bits per heavy atom. The molecule has 0 spiro atoms. The van der Waals surface area contributed by atoms with Crippen LogP contribution in [0.5, 0.6) is 0 Å². The van der Waals surface area contributed by atoms with Crippen molar-refractivity contribution < 1.29 is 9.59 Å². The number of hydrogen-bond acceptors (Lipinski definition) is 2. The van der Waals surface area contributed by atoms with Gasteiger partial charge in [0, 0.05) is 16.6 Å². The maximum absolute atomic E-state index is 12.9. The highest BCUT2D eigenvalue weighted by molar-refractivity contribution is 6.30. The highest BCUT2D eigenvalue weighted by Crippen LogP contribution is 2.49. The van der Waals surface area contributed by atoms with Crippen molar-refractivity contribution >= 4 is 29.1 Å². The summed E-state index contributed by atoms with van der Waals surface area (Å²) < 4.78 is 0. The molecule has 2 aromatic rings. The third kappa shape index (κ3) is 3.86. The molecule has 0 radical (unpaired) electrons. The van der Waals surface area contributed by atoms with E-state index in [1.54, 1.807) is 0 Å². The third-order valence-corrected chi connectivity index (χ3v) is 5.81. The summed E-state index contributed by atoms with van der Waals surface area (Å²) in [7, 11) is 0. The first kappa shape index (κ1) is 18.1. The summed E-state index contributed by atoms with van der Waals surface area (Å²) in [6.07, 6.45) is 3.70. The predicted molar refractivity (Wildman–Crippen MR) is 107 cm³/mol. The molecule has 0 aliphatic heterocycles. The van der Waals surface area contributed by atoms with E-state index in [1.165, 1.54) is 0 Å². The molecular weight excluding hydrogens is 360 g/mol. The maximum Gasteiger partial charge on any atom is 0.231 e. The molecule has 2 N–H and O–H groups in total. The van der Waals surface area contributed by atoms with Gasteiger partial charge in [-0.05, 0) is 68.0 Å². The van der Waals surface area contributed by atoms with Crippen molar-refractivity contribution in [3.05, 3.63) is 64.7 Å². The summed E-state index contributed by atoms with van der Waals surface area (Å²) >= 11 is 5.96. The van der Waals surface area contributed by atoms with Crippen LogP contribution in [0.1, 0.15) is 49.8 Å². The standard InChI is InChI=1S/C22H23ClN2O2/c1-14(15-4-10-19(11-5-15)25-20(26)16-2-3-16)24-21(27)22(12-13-22)17-6-8-18(23)9-7-17/h4-11,14,16H,2-3,12-13H2,1H3,(H,24,27)(H,25,26). The van der Waals surface area contributed by atoms with Crippen LogP contribution in [0.3, 0.4) is 0 Å². The van der Waals surface area contributed by atoms with Gasteiger partial charge in [-0.3, -0.25) is 9.59 Å². The lowest BCUT2D eigenvalue weighted by Gasteiger charge is -2.20. The Labute approximate surface area is 164 Å². The molecule has 0 heterocycles. The molecule has 0 aromatic heterocycles. The van der Waals surface area contributed by atoms with Crippen molar-refractivity contribution in [2.45, 2.75) is 44.1 Å². The van der Waals surface area contributed by atoms with Gasteiger partial charge in [0.2, 0.25) is 11.8 Å². The molecule has 5 heteroatoms. The van der Waals surface area contributed by atoms with E-state index < -0.39 is 5.41 Å². The van der Waals surface area contributed by atoms with Crippen LogP contribution in [-0.2, 0) is 15.0 Å². The van der Waals surface area contributed by atoms with Gasteiger partial charge in [0.15, 0.2) is 0 Å². The molecule has 1 atom stereocenters. The lowest BCUT2D eigenvalue weighted by atomic mass is 9.94. The molecule has 27 heavy (non-hydrogen) atoms. The van der Waals surface area contributed by atoms with E-state index in [0.717, 1.165) is 42.5 Å². The van der Waals surface area contributed by atoms with Crippen LogP contribution in [0, 0.1) is 5.92 Å². The molecule has 0 bridgehead atoms. The van der Waals surface area contributed by atoms with Gasteiger partial charge >= 0.3 is 0 Å². The van der Waals surface area contributed by atoms with Crippen LogP contribution in [0.25, 0.3) is 0 Å². The zero-order valence-corrected chi connectivity index (χ0v) is 16.1. The van der Waals surface area contributed by atoms with Crippen LogP contribution in [0.2, 0.25) is 5.02 Å². The van der Waals surface area contributed by atoms with E-state index in [9.17, 15) is 9.59 Å². The third-order valence-electron chi connectivity index (χ3n) is 5.56. The molecule has 2 aliphatic carbocycles. The number of nitrogens with one attached hydrogen (secondary N) is 2. The van der Waals surface area contributed by atoms with Gasteiger partial charge < -0.3 is 10.6 Å². The lowest BCUT2D eigenvalue weighted by Crippen LogP contribution is -2.36. The number of anilines is 1. The van der Waals surface area contributed by atoms with Gasteiger partial charge in [-0.25, -0.2) is 0 Å². The first-order valence-electron chi connectivity index (χ1n) is 9.46. The van der Waals surface area contributed by atoms with E-state index >= 15 is 0 Å². The first-order valence-corrected chi connectivity index (χ1v) is 9.83. The molecule has 2 saturated carbocycles. The summed E-state index contributed by atoms with van der Waals surface area (Å²) in [5, 5.41) is 6.75. The fourth-order valence-electron chi connectivity index (χ4n) is 3.40. The SMILES string of the molecule is CC(NC(=O)C1(c2ccc(Cl)cc2)CC1)c1ccc(NC(=O)C2CC2)cc1. The number of carbonyl (C=O) groups is 2. The van der Waals surface area contributed by atoms with Gasteiger partial charge in [-0.15, -0.1) is 0 Å². The van der Waals surface area contributed by atoms with Crippen LogP contribution < -0.4 is 10.6 Å². The average molecular weight is 383 g/mol. The van der Waals surface area contributed by atoms with Crippen LogP contribution in [0.15, 0.2) is 48.5 Å². The summed E-state index contributed by atoms with van der Waals surface area (Å²) in [5.74, 6) is 0.344. The van der Waals surface area contributed by atoms with E-state index in [0.29, 0.717) is 5.02 Å². The van der Waals surface area contributed by atoms with Gasteiger partial charge in [-0.1, -0.05) is 35.9 Å². The number of benzene rings is 2. The topological polar surface area (TPSA) is 58.2 Å². The van der Waals surface area contributed by atoms with Gasteiger partial charge in [0.05, 0.1) is 11.5 Å². The lowest BCUT2D eigenvalue weighted by molar-refractivity contribution is -0.124. The number of rotatable bonds is 6. The van der Waals surface area contributed by atoms with Crippen molar-refractivity contribution in [3.63, 3.8) is 0 Å². The Bertz CT molecular complexity index is 853. The minimum absolute atomic E-state index is 0.0587. The van der Waals surface area contributed by atoms with Crippen molar-refractivity contribution in [2.24, 2.45) is 5.92 Å². The Hall–Kier alpha value is -2.33. The second-order valence-corrected chi connectivity index (χ2v) is 8.11. The quantitative estimate of drug-likeness (QED) is 0.767. The van der Waals surface area contributed by atoms with Crippen LogP contribution in [0.4, 0.5) is 5.69 Å². The second-order valence-electron chi connectivity index (χ2n) is 7.67. The average Bonchev–Trinajstić information content (AvgIpc) is 3.56. The number of hydrogen-bond donors (Lipinski definition) is 2. The Kier molecular flexibility index (Phi) is 4.68. The van der Waals surface area contributed by atoms with E-state index in [-0.39, 0.29) is 23.8 Å². The Balaban J connectivity index is 1.39. The minimum atomic E-state index is -0.420. The van der Waals surface area contributed by atoms with Crippen LogP contribution in [-0.4, -0.2) is 11.8 Å². The Morgan fingerprint density at radius 1 is 1.04 bits per heavy atom. The van der Waals surface area contributed by atoms with Crippen molar-refractivity contribution in [2.75, 3.05) is 5.32 Å². The molecule has 2 aromatic carbocycles. The van der Waals surface area contributed by atoms with Crippen LogP contribution >= 0.6 is 11.6 Å². The van der Waals surface area contributed by atoms with Crippen molar-refractivity contribution in [1.82, 2.24) is 5.32 Å². The number of carbonyl (C=O) groups excluding carboxylic acids is 2. The monoisotopic (exact) mass is 382 g/mol. The van der Waals surface area contributed by atoms with E-state index in [4.69, 9.17) is 11.6 Å². The molecule has 2 aliphatic rings. The number of halogens is 1. The summed E-state index contributed by atoms with van der Waals surface area (Å²) in [4.78, 5) is 24.7. The van der Waals surface area contributed by atoms with Gasteiger partial charge in [0.1, 0.15) is 0 Å². The molecule has 4 rings (SSSR count). The molecule has 2 fully saturated rings. The largest absolute Gasteiger partial charge is 0.349 e. The summed E-state index contributed by atoms with van der Waals surface area (Å²) in [6, 6.07) is 15.1. The molecule has 4 nitrogen and oxygen atoms in total. The highest BCUT2D eigenvalue weighted by Gasteiger charge is 2.51. The zero-order valence-electron chi connectivity index (χ0n) is 15.3. The predicted octanol–water partition coefficient (Wildman–Crippen LogP) is 4.60. The molecule has 2 amide bonds. The zero-order chi connectivity index (χ0) is 19.0. The highest BCUT2D eigenvalue weighted by atomic mass is 35.5. The first-order chi connectivity index (χ1) is 13.0. The minimum Gasteiger partial charge on any atom is -0.349 e. The maximum atomic E-state index is 12.9. The molecule has 140 valence electrons. The number of amides is 2. The molecule has 1 unspecified atom stereocenters. The fourth-order valence-corrected chi connectivity index (χ4v) is 3.53. The molecule has 0 saturated heterocycles. The van der Waals surface area contributed by atoms with E-state index in [1.807, 2.05) is 55.5 Å². The van der Waals surface area contributed by atoms with Gasteiger partial charge in [0.25, 0.3) is 0 Å². The Morgan fingerprint density at radius 3 is 2.22 bits per heavy atom.